The lowest BCUT2D eigenvalue weighted by atomic mass is 9.86. The van der Waals surface area contributed by atoms with Gasteiger partial charge in [0.25, 0.3) is 0 Å². The molecule has 0 aliphatic heterocycles. The minimum Gasteiger partial charge on any atom is -0.292 e. The van der Waals surface area contributed by atoms with E-state index >= 15 is 0 Å². The monoisotopic (exact) mass is 714 g/mol. The van der Waals surface area contributed by atoms with Crippen LogP contribution < -0.4 is 0 Å². The van der Waals surface area contributed by atoms with Gasteiger partial charge in [0.15, 0.2) is 0 Å². The smallest absolute Gasteiger partial charge is 0.145 e. The Morgan fingerprint density at radius 1 is 0.268 bits per heavy atom. The summed E-state index contributed by atoms with van der Waals surface area (Å²) in [5.41, 5.74) is 13.3. The second kappa shape index (κ2) is 13.1. The van der Waals surface area contributed by atoms with Crippen molar-refractivity contribution < 1.29 is 0 Å². The Morgan fingerprint density at radius 2 is 0.589 bits per heavy atom. The predicted octanol–water partition coefficient (Wildman–Crippen LogP) is 13.3. The summed E-state index contributed by atoms with van der Waals surface area (Å²) >= 11 is 0. The number of imidazole rings is 2. The van der Waals surface area contributed by atoms with Gasteiger partial charge in [0, 0.05) is 22.5 Å². The largest absolute Gasteiger partial charge is 0.292 e. The molecule has 11 rings (SSSR count). The van der Waals surface area contributed by atoms with E-state index in [0.29, 0.717) is 0 Å². The van der Waals surface area contributed by atoms with Crippen LogP contribution in [0.5, 0.6) is 0 Å². The highest BCUT2D eigenvalue weighted by Crippen LogP contribution is 2.44. The van der Waals surface area contributed by atoms with E-state index in [1.54, 1.807) is 0 Å². The molecule has 11 aromatic rings. The zero-order chi connectivity index (χ0) is 37.0. The van der Waals surface area contributed by atoms with E-state index in [1.165, 1.54) is 43.8 Å². The lowest BCUT2D eigenvalue weighted by Crippen LogP contribution is -1.98. The molecule has 0 radical (unpaired) electrons. The Kier molecular flexibility index (Phi) is 7.46. The Hall–Kier alpha value is -7.56. The van der Waals surface area contributed by atoms with Gasteiger partial charge in [0.2, 0.25) is 0 Å². The molecule has 0 unspecified atom stereocenters. The maximum absolute atomic E-state index is 5.07. The third kappa shape index (κ3) is 5.15. The summed E-state index contributed by atoms with van der Waals surface area (Å²) in [7, 11) is 0. The first kappa shape index (κ1) is 31.9. The first-order chi connectivity index (χ1) is 27.8. The number of para-hydroxylation sites is 4. The molecule has 0 aliphatic carbocycles. The van der Waals surface area contributed by atoms with Crippen molar-refractivity contribution in [1.29, 1.82) is 0 Å². The van der Waals surface area contributed by atoms with Gasteiger partial charge in [-0.1, -0.05) is 158 Å². The SMILES string of the molecule is c1ccc(-c2nc3ccccc3n2-c2ccc(-c3c4ccccc4c(-c4ccc(-n5c(-c6ccccc6)nc6ccccc65)cc4)c4ccccc34)cc2)cc1. The highest BCUT2D eigenvalue weighted by atomic mass is 15.1. The summed E-state index contributed by atoms with van der Waals surface area (Å²) in [5.74, 6) is 1.87. The summed E-state index contributed by atoms with van der Waals surface area (Å²) in [5, 5.41) is 4.90. The number of hydrogen-bond acceptors (Lipinski definition) is 2. The molecule has 0 aliphatic rings. The van der Waals surface area contributed by atoms with Crippen LogP contribution in [-0.2, 0) is 0 Å². The fourth-order valence-corrected chi connectivity index (χ4v) is 8.44. The highest BCUT2D eigenvalue weighted by Gasteiger charge is 2.19. The third-order valence-electron chi connectivity index (χ3n) is 10.9. The molecule has 0 atom stereocenters. The van der Waals surface area contributed by atoms with Crippen LogP contribution in [0.3, 0.4) is 0 Å². The summed E-state index contributed by atoms with van der Waals surface area (Å²) in [6.07, 6.45) is 0. The molecule has 0 N–H and O–H groups in total. The van der Waals surface area contributed by atoms with Gasteiger partial charge < -0.3 is 0 Å². The first-order valence-electron chi connectivity index (χ1n) is 19.0. The van der Waals surface area contributed by atoms with Gasteiger partial charge in [-0.2, -0.15) is 0 Å². The topological polar surface area (TPSA) is 35.6 Å². The minimum absolute atomic E-state index is 0.934. The van der Waals surface area contributed by atoms with Crippen molar-refractivity contribution in [3.8, 4) is 56.4 Å². The molecule has 0 spiro atoms. The molecule has 2 aromatic heterocycles. The molecule has 9 aromatic carbocycles. The minimum atomic E-state index is 0.934. The van der Waals surface area contributed by atoms with Crippen molar-refractivity contribution in [2.24, 2.45) is 0 Å². The molecule has 56 heavy (non-hydrogen) atoms. The van der Waals surface area contributed by atoms with E-state index in [2.05, 4.69) is 203 Å². The maximum atomic E-state index is 5.07. The van der Waals surface area contributed by atoms with E-state index in [4.69, 9.17) is 9.97 Å². The van der Waals surface area contributed by atoms with Crippen molar-refractivity contribution >= 4 is 43.6 Å². The number of benzene rings is 9. The van der Waals surface area contributed by atoms with Gasteiger partial charge in [0.05, 0.1) is 22.1 Å². The molecule has 0 fully saturated rings. The first-order valence-corrected chi connectivity index (χ1v) is 19.0. The third-order valence-corrected chi connectivity index (χ3v) is 10.9. The van der Waals surface area contributed by atoms with E-state index in [9.17, 15) is 0 Å². The molecule has 4 heteroatoms. The van der Waals surface area contributed by atoms with Crippen molar-refractivity contribution in [3.63, 3.8) is 0 Å². The van der Waals surface area contributed by atoms with Crippen molar-refractivity contribution in [1.82, 2.24) is 19.1 Å². The summed E-state index contributed by atoms with van der Waals surface area (Å²) in [6.45, 7) is 0. The Balaban J connectivity index is 1.05. The Bertz CT molecular complexity index is 2940. The average molecular weight is 715 g/mol. The molecule has 2 heterocycles. The van der Waals surface area contributed by atoms with E-state index in [-0.39, 0.29) is 0 Å². The van der Waals surface area contributed by atoms with E-state index < -0.39 is 0 Å². The van der Waals surface area contributed by atoms with Crippen LogP contribution in [0.4, 0.5) is 0 Å². The second-order valence-electron chi connectivity index (χ2n) is 14.2. The van der Waals surface area contributed by atoms with Gasteiger partial charge in [-0.15, -0.1) is 0 Å². The zero-order valence-corrected chi connectivity index (χ0v) is 30.4. The lowest BCUT2D eigenvalue weighted by molar-refractivity contribution is 1.10. The van der Waals surface area contributed by atoms with E-state index in [0.717, 1.165) is 56.2 Å². The second-order valence-corrected chi connectivity index (χ2v) is 14.2. The van der Waals surface area contributed by atoms with Gasteiger partial charge in [-0.3, -0.25) is 9.13 Å². The van der Waals surface area contributed by atoms with Crippen LogP contribution in [0, 0.1) is 0 Å². The van der Waals surface area contributed by atoms with Crippen molar-refractivity contribution in [3.05, 3.63) is 206 Å². The molecule has 0 bridgehead atoms. The number of rotatable bonds is 6. The standard InChI is InChI=1S/C52H34N4/c1-3-15-37(16-4-1)51-53-45-23-11-13-25-47(45)55(51)39-31-27-35(28-32-39)49-41-19-7-9-21-43(41)50(44-22-10-8-20-42(44)49)36-29-33-40(34-30-36)56-48-26-14-12-24-46(48)54-52(56)38-17-5-2-6-18-38/h1-34H. The number of aromatic nitrogens is 4. The molecular weight excluding hydrogens is 681 g/mol. The van der Waals surface area contributed by atoms with Crippen LogP contribution in [0.1, 0.15) is 0 Å². The van der Waals surface area contributed by atoms with Crippen LogP contribution in [0.25, 0.3) is 100 Å². The van der Waals surface area contributed by atoms with Crippen molar-refractivity contribution in [2.45, 2.75) is 0 Å². The summed E-state index contributed by atoms with van der Waals surface area (Å²) in [6, 6.07) is 73.3. The van der Waals surface area contributed by atoms with Crippen LogP contribution in [0.2, 0.25) is 0 Å². The molecule has 0 saturated heterocycles. The Labute approximate surface area is 324 Å². The summed E-state index contributed by atoms with van der Waals surface area (Å²) < 4.78 is 4.54. The van der Waals surface area contributed by atoms with Gasteiger partial charge >= 0.3 is 0 Å². The molecule has 0 saturated carbocycles. The maximum Gasteiger partial charge on any atom is 0.145 e. The Morgan fingerprint density at radius 3 is 0.964 bits per heavy atom. The lowest BCUT2D eigenvalue weighted by Gasteiger charge is -2.18. The van der Waals surface area contributed by atoms with Crippen LogP contribution in [-0.4, -0.2) is 19.1 Å². The number of nitrogens with zero attached hydrogens (tertiary/aromatic N) is 4. The fourth-order valence-electron chi connectivity index (χ4n) is 8.44. The van der Waals surface area contributed by atoms with Crippen molar-refractivity contribution in [2.75, 3.05) is 0 Å². The molecule has 0 amide bonds. The molecular formula is C52H34N4. The van der Waals surface area contributed by atoms with Gasteiger partial charge in [-0.25, -0.2) is 9.97 Å². The quantitative estimate of drug-likeness (QED) is 0.161. The average Bonchev–Trinajstić information content (AvgIpc) is 3.86. The summed E-state index contributed by atoms with van der Waals surface area (Å²) in [4.78, 5) is 10.1. The predicted molar refractivity (Wildman–Crippen MR) is 232 cm³/mol. The zero-order valence-electron chi connectivity index (χ0n) is 30.4. The number of hydrogen-bond donors (Lipinski definition) is 0. The molecule has 262 valence electrons. The van der Waals surface area contributed by atoms with E-state index in [1.807, 2.05) is 12.1 Å². The fraction of sp³-hybridized carbons (Fsp3) is 0. The van der Waals surface area contributed by atoms with Crippen LogP contribution >= 0.6 is 0 Å². The van der Waals surface area contributed by atoms with Gasteiger partial charge in [-0.05, 0) is 92.3 Å². The highest BCUT2D eigenvalue weighted by molar-refractivity contribution is 6.21. The van der Waals surface area contributed by atoms with Gasteiger partial charge in [0.1, 0.15) is 11.6 Å². The van der Waals surface area contributed by atoms with Crippen LogP contribution in [0.15, 0.2) is 206 Å². The molecule has 4 nitrogen and oxygen atoms in total. The number of fused-ring (bicyclic) bond motifs is 4. The normalized spacial score (nSPS) is 11.6.